The average Bonchev–Trinajstić information content (AvgIpc) is 3.36. The molecule has 0 unspecified atom stereocenters. The van der Waals surface area contributed by atoms with Crippen molar-refractivity contribution in [3.63, 3.8) is 0 Å². The minimum atomic E-state index is -0.114. The first-order chi connectivity index (χ1) is 14.1. The molecule has 29 heavy (non-hydrogen) atoms. The number of nitrogens with one attached hydrogen (secondary N) is 1. The standard InChI is InChI=1S/C21H17ClN4OS2/c22-16-6-2-1-5-15(16)18-12-29-21(25-18)26-19(27)8-9-28-20-14(11-23)10-13-4-3-7-17(13)24-20/h1-2,5-6,10,12H,3-4,7-9H2,(H,25,26,27). The maximum absolute atomic E-state index is 12.3. The smallest absolute Gasteiger partial charge is 0.226 e. The zero-order chi connectivity index (χ0) is 20.2. The lowest BCUT2D eigenvalue weighted by Gasteiger charge is -2.06. The molecule has 1 aliphatic carbocycles. The topological polar surface area (TPSA) is 78.7 Å². The van der Waals surface area contributed by atoms with Crippen LogP contribution in [0.15, 0.2) is 40.7 Å². The third-order valence-corrected chi connectivity index (χ3v) is 6.68. The van der Waals surface area contributed by atoms with Gasteiger partial charge in [0.1, 0.15) is 11.1 Å². The lowest BCUT2D eigenvalue weighted by atomic mass is 10.2. The highest BCUT2D eigenvalue weighted by molar-refractivity contribution is 7.99. The van der Waals surface area contributed by atoms with Crippen LogP contribution >= 0.6 is 34.7 Å². The molecule has 2 heterocycles. The largest absolute Gasteiger partial charge is 0.302 e. The van der Waals surface area contributed by atoms with E-state index >= 15 is 0 Å². The number of anilines is 1. The number of thioether (sulfide) groups is 1. The average molecular weight is 441 g/mol. The van der Waals surface area contributed by atoms with Crippen LogP contribution in [0.5, 0.6) is 0 Å². The molecular weight excluding hydrogens is 424 g/mol. The fourth-order valence-corrected chi connectivity index (χ4v) is 5.06. The summed E-state index contributed by atoms with van der Waals surface area (Å²) in [7, 11) is 0. The number of nitriles is 1. The van der Waals surface area contributed by atoms with Crippen molar-refractivity contribution in [2.45, 2.75) is 30.7 Å². The molecule has 0 atom stereocenters. The summed E-state index contributed by atoms with van der Waals surface area (Å²) in [5.41, 5.74) is 4.45. The predicted octanol–water partition coefficient (Wildman–Crippen LogP) is 5.34. The Morgan fingerprint density at radius 1 is 1.31 bits per heavy atom. The van der Waals surface area contributed by atoms with Crippen molar-refractivity contribution in [1.29, 1.82) is 5.26 Å². The third kappa shape index (κ3) is 4.61. The van der Waals surface area contributed by atoms with Gasteiger partial charge < -0.3 is 5.32 Å². The molecule has 1 N–H and O–H groups in total. The monoisotopic (exact) mass is 440 g/mol. The number of aromatic nitrogens is 2. The molecule has 1 aliphatic rings. The number of thiazole rings is 1. The highest BCUT2D eigenvalue weighted by Gasteiger charge is 2.17. The molecule has 0 aliphatic heterocycles. The first-order valence-corrected chi connectivity index (χ1v) is 11.4. The summed E-state index contributed by atoms with van der Waals surface area (Å²) in [4.78, 5) is 21.4. The number of nitrogens with zero attached hydrogens (tertiary/aromatic N) is 3. The van der Waals surface area contributed by atoms with Crippen LogP contribution < -0.4 is 5.32 Å². The fraction of sp³-hybridized carbons (Fsp3) is 0.238. The summed E-state index contributed by atoms with van der Waals surface area (Å²) in [6, 6.07) is 11.7. The zero-order valence-corrected chi connectivity index (χ0v) is 17.8. The van der Waals surface area contributed by atoms with Gasteiger partial charge in [-0.1, -0.05) is 29.8 Å². The zero-order valence-electron chi connectivity index (χ0n) is 15.4. The van der Waals surface area contributed by atoms with Crippen LogP contribution in [-0.4, -0.2) is 21.6 Å². The van der Waals surface area contributed by atoms with Crippen molar-refractivity contribution in [3.8, 4) is 17.3 Å². The number of fused-ring (bicyclic) bond motifs is 1. The van der Waals surface area contributed by atoms with Crippen molar-refractivity contribution in [2.24, 2.45) is 0 Å². The quantitative estimate of drug-likeness (QED) is 0.523. The van der Waals surface area contributed by atoms with Gasteiger partial charge >= 0.3 is 0 Å². The summed E-state index contributed by atoms with van der Waals surface area (Å²) >= 11 is 9.02. The number of amides is 1. The van der Waals surface area contributed by atoms with Gasteiger partial charge in [0.05, 0.1) is 11.3 Å². The number of carbonyl (C=O) groups excluding carboxylic acids is 1. The van der Waals surface area contributed by atoms with Crippen molar-refractivity contribution in [3.05, 3.63) is 57.6 Å². The lowest BCUT2D eigenvalue weighted by Crippen LogP contribution is -2.12. The second kappa shape index (κ2) is 8.95. The van der Waals surface area contributed by atoms with Crippen LogP contribution in [-0.2, 0) is 17.6 Å². The molecule has 5 nitrogen and oxygen atoms in total. The van der Waals surface area contributed by atoms with E-state index in [1.165, 1.54) is 28.7 Å². The van der Waals surface area contributed by atoms with E-state index in [1.54, 1.807) is 0 Å². The summed E-state index contributed by atoms with van der Waals surface area (Å²) < 4.78 is 0. The molecule has 0 bridgehead atoms. The molecular formula is C21H17ClN4OS2. The number of hydrogen-bond donors (Lipinski definition) is 1. The summed E-state index contributed by atoms with van der Waals surface area (Å²) in [6.07, 6.45) is 3.37. The van der Waals surface area contributed by atoms with Gasteiger partial charge in [-0.15, -0.1) is 23.1 Å². The molecule has 0 fully saturated rings. The van der Waals surface area contributed by atoms with E-state index in [1.807, 2.05) is 35.7 Å². The Bertz CT molecular complexity index is 1110. The first kappa shape index (κ1) is 19.9. The van der Waals surface area contributed by atoms with E-state index in [0.717, 1.165) is 41.2 Å². The second-order valence-electron chi connectivity index (χ2n) is 6.58. The summed E-state index contributed by atoms with van der Waals surface area (Å²) in [5.74, 6) is 0.437. The van der Waals surface area contributed by atoms with Gasteiger partial charge in [0.15, 0.2) is 5.13 Å². The molecule has 1 aromatic carbocycles. The summed E-state index contributed by atoms with van der Waals surface area (Å²) in [6.45, 7) is 0. The van der Waals surface area contributed by atoms with Crippen molar-refractivity contribution in [1.82, 2.24) is 9.97 Å². The van der Waals surface area contributed by atoms with Gasteiger partial charge in [0.2, 0.25) is 5.91 Å². The first-order valence-electron chi connectivity index (χ1n) is 9.20. The number of hydrogen-bond acceptors (Lipinski definition) is 6. The van der Waals surface area contributed by atoms with Crippen molar-refractivity contribution in [2.75, 3.05) is 11.1 Å². The van der Waals surface area contributed by atoms with Crippen LogP contribution in [0, 0.1) is 11.3 Å². The molecule has 3 aromatic rings. The number of benzene rings is 1. The minimum absolute atomic E-state index is 0.114. The number of pyridine rings is 1. The van der Waals surface area contributed by atoms with Gasteiger partial charge in [-0.05, 0) is 37.0 Å². The molecule has 146 valence electrons. The lowest BCUT2D eigenvalue weighted by molar-refractivity contribution is -0.115. The van der Waals surface area contributed by atoms with E-state index in [0.29, 0.717) is 27.9 Å². The Labute approximate surface area is 182 Å². The number of carbonyl (C=O) groups is 1. The Morgan fingerprint density at radius 2 is 2.17 bits per heavy atom. The van der Waals surface area contributed by atoms with E-state index in [4.69, 9.17) is 11.6 Å². The minimum Gasteiger partial charge on any atom is -0.302 e. The van der Waals surface area contributed by atoms with Gasteiger partial charge in [-0.25, -0.2) is 9.97 Å². The Kier molecular flexibility index (Phi) is 6.14. The van der Waals surface area contributed by atoms with Crippen LogP contribution in [0.25, 0.3) is 11.3 Å². The third-order valence-electron chi connectivity index (χ3n) is 4.60. The Balaban J connectivity index is 1.34. The molecule has 1 amide bonds. The van der Waals surface area contributed by atoms with Gasteiger partial charge in [-0.2, -0.15) is 5.26 Å². The number of halogens is 1. The normalized spacial score (nSPS) is 12.4. The van der Waals surface area contributed by atoms with Gasteiger partial charge in [0, 0.05) is 33.8 Å². The van der Waals surface area contributed by atoms with Crippen LogP contribution in [0.4, 0.5) is 5.13 Å². The van der Waals surface area contributed by atoms with Gasteiger partial charge in [-0.3, -0.25) is 4.79 Å². The molecule has 0 saturated heterocycles. The van der Waals surface area contributed by atoms with Gasteiger partial charge in [0.25, 0.3) is 0 Å². The van der Waals surface area contributed by atoms with E-state index < -0.39 is 0 Å². The predicted molar refractivity (Wildman–Crippen MR) is 118 cm³/mol. The van der Waals surface area contributed by atoms with E-state index in [2.05, 4.69) is 21.4 Å². The SMILES string of the molecule is N#Cc1cc2c(nc1SCCC(=O)Nc1nc(-c3ccccc3Cl)cs1)CCC2. The maximum Gasteiger partial charge on any atom is 0.226 e. The van der Waals surface area contributed by atoms with Crippen molar-refractivity contribution >= 4 is 45.7 Å². The molecule has 0 radical (unpaired) electrons. The van der Waals surface area contributed by atoms with Crippen LogP contribution in [0.1, 0.15) is 29.7 Å². The van der Waals surface area contributed by atoms with E-state index in [-0.39, 0.29) is 5.91 Å². The fourth-order valence-electron chi connectivity index (χ4n) is 3.19. The van der Waals surface area contributed by atoms with Crippen LogP contribution in [0.3, 0.4) is 0 Å². The number of aryl methyl sites for hydroxylation is 2. The number of rotatable bonds is 6. The second-order valence-corrected chi connectivity index (χ2v) is 8.93. The van der Waals surface area contributed by atoms with Crippen molar-refractivity contribution < 1.29 is 4.79 Å². The molecule has 8 heteroatoms. The molecule has 2 aromatic heterocycles. The maximum atomic E-state index is 12.3. The highest BCUT2D eigenvalue weighted by atomic mass is 35.5. The molecule has 0 saturated carbocycles. The van der Waals surface area contributed by atoms with Crippen LogP contribution in [0.2, 0.25) is 5.02 Å². The van der Waals surface area contributed by atoms with E-state index in [9.17, 15) is 10.1 Å². The summed E-state index contributed by atoms with van der Waals surface area (Å²) in [5, 5.41) is 16.0. The highest BCUT2D eigenvalue weighted by Crippen LogP contribution is 2.31. The Hall–Kier alpha value is -2.40. The Morgan fingerprint density at radius 3 is 3.00 bits per heavy atom. The molecule has 0 spiro atoms. The molecule has 4 rings (SSSR count).